The Bertz CT molecular complexity index is 973. The minimum Gasteiger partial charge on any atom is -0.480 e. The predicted molar refractivity (Wildman–Crippen MR) is 107 cm³/mol. The van der Waals surface area contributed by atoms with E-state index < -0.39 is 18.1 Å². The van der Waals surface area contributed by atoms with Gasteiger partial charge in [0.05, 0.1) is 0 Å². The number of hydrogen-bond donors (Lipinski definition) is 1. The molecule has 1 amide bonds. The second-order valence-electron chi connectivity index (χ2n) is 6.50. The van der Waals surface area contributed by atoms with E-state index in [-0.39, 0.29) is 12.5 Å². The fourth-order valence-electron chi connectivity index (χ4n) is 3.51. The summed E-state index contributed by atoms with van der Waals surface area (Å²) in [6.45, 7) is 1.56. The summed E-state index contributed by atoms with van der Waals surface area (Å²) in [7, 11) is 0. The molecule has 0 fully saturated rings. The standard InChI is InChI=1S/C21H18N2O4S/c1-13(19(24)25)23(20-22-10-11-28-20)21(26)27-12-18-16-8-4-2-6-14(16)15-7-3-5-9-17(15)18/h2-11,13,18H,12H2,1H3,(H,24,25). The van der Waals surface area contributed by atoms with Crippen molar-refractivity contribution in [1.82, 2.24) is 4.98 Å². The molecular formula is C21H18N2O4S. The Labute approximate surface area is 166 Å². The number of carboxylic acids is 1. The molecule has 6 nitrogen and oxygen atoms in total. The number of thiazole rings is 1. The van der Waals surface area contributed by atoms with Crippen LogP contribution in [0.2, 0.25) is 0 Å². The number of benzene rings is 2. The van der Waals surface area contributed by atoms with Crippen molar-refractivity contribution in [2.45, 2.75) is 18.9 Å². The van der Waals surface area contributed by atoms with E-state index >= 15 is 0 Å². The molecule has 28 heavy (non-hydrogen) atoms. The summed E-state index contributed by atoms with van der Waals surface area (Å²) in [5.41, 5.74) is 4.47. The second-order valence-corrected chi connectivity index (χ2v) is 7.38. The number of carbonyl (C=O) groups excluding carboxylic acids is 1. The number of anilines is 1. The van der Waals surface area contributed by atoms with Gasteiger partial charge in [0.1, 0.15) is 12.6 Å². The number of aliphatic carboxylic acids is 1. The van der Waals surface area contributed by atoms with Crippen LogP contribution >= 0.6 is 11.3 Å². The van der Waals surface area contributed by atoms with Crippen molar-refractivity contribution in [3.05, 3.63) is 71.2 Å². The average molecular weight is 394 g/mol. The Hall–Kier alpha value is -3.19. The molecule has 0 radical (unpaired) electrons. The third-order valence-corrected chi connectivity index (χ3v) is 5.67. The molecule has 0 saturated heterocycles. The van der Waals surface area contributed by atoms with E-state index in [0.717, 1.165) is 27.2 Å². The quantitative estimate of drug-likeness (QED) is 0.695. The van der Waals surface area contributed by atoms with Crippen molar-refractivity contribution < 1.29 is 19.4 Å². The second kappa shape index (κ2) is 7.44. The van der Waals surface area contributed by atoms with Crippen LogP contribution in [-0.2, 0) is 9.53 Å². The van der Waals surface area contributed by atoms with Crippen molar-refractivity contribution in [2.24, 2.45) is 0 Å². The van der Waals surface area contributed by atoms with Gasteiger partial charge in [0.2, 0.25) is 0 Å². The summed E-state index contributed by atoms with van der Waals surface area (Å²) < 4.78 is 5.59. The highest BCUT2D eigenvalue weighted by molar-refractivity contribution is 7.13. The maximum Gasteiger partial charge on any atom is 0.416 e. The van der Waals surface area contributed by atoms with Crippen molar-refractivity contribution in [3.63, 3.8) is 0 Å². The molecule has 142 valence electrons. The lowest BCUT2D eigenvalue weighted by Gasteiger charge is -2.24. The Morgan fingerprint density at radius 1 is 1.14 bits per heavy atom. The zero-order valence-electron chi connectivity index (χ0n) is 15.1. The zero-order chi connectivity index (χ0) is 19.7. The lowest BCUT2D eigenvalue weighted by atomic mass is 9.98. The number of fused-ring (bicyclic) bond motifs is 3. The minimum absolute atomic E-state index is 0.0883. The van der Waals surface area contributed by atoms with Crippen LogP contribution in [0.3, 0.4) is 0 Å². The molecule has 1 aliphatic carbocycles. The van der Waals surface area contributed by atoms with Crippen LogP contribution in [-0.4, -0.2) is 34.8 Å². The van der Waals surface area contributed by atoms with Crippen LogP contribution in [0.5, 0.6) is 0 Å². The summed E-state index contributed by atoms with van der Waals surface area (Å²) in [6.07, 6.45) is 0.810. The Kier molecular flexibility index (Phi) is 4.83. The molecule has 3 aromatic rings. The SMILES string of the molecule is CC(C(=O)O)N(C(=O)OCC1c2ccccc2-c2ccccc21)c1nccs1. The molecule has 4 rings (SSSR count). The van der Waals surface area contributed by atoms with Crippen LogP contribution in [0, 0.1) is 0 Å². The molecule has 1 heterocycles. The molecule has 1 unspecified atom stereocenters. The number of hydrogen-bond acceptors (Lipinski definition) is 5. The molecule has 0 saturated carbocycles. The summed E-state index contributed by atoms with van der Waals surface area (Å²) >= 11 is 1.19. The van der Waals surface area contributed by atoms with Crippen LogP contribution < -0.4 is 4.90 Å². The molecule has 7 heteroatoms. The predicted octanol–water partition coefficient (Wildman–Crippen LogP) is 4.37. The number of aromatic nitrogens is 1. The molecule has 1 N–H and O–H groups in total. The molecule has 1 atom stereocenters. The molecule has 0 spiro atoms. The highest BCUT2D eigenvalue weighted by Crippen LogP contribution is 2.44. The Balaban J connectivity index is 1.58. The number of carboxylic acid groups (broad SMARTS) is 1. The van der Waals surface area contributed by atoms with Crippen LogP contribution in [0.25, 0.3) is 11.1 Å². The van der Waals surface area contributed by atoms with Crippen molar-refractivity contribution in [2.75, 3.05) is 11.5 Å². The van der Waals surface area contributed by atoms with Gasteiger partial charge in [-0.3, -0.25) is 0 Å². The molecule has 1 aliphatic rings. The summed E-state index contributed by atoms with van der Waals surface area (Å²) in [6, 6.07) is 15.0. The van der Waals surface area contributed by atoms with E-state index in [4.69, 9.17) is 4.74 Å². The van der Waals surface area contributed by atoms with Crippen molar-refractivity contribution in [1.29, 1.82) is 0 Å². The lowest BCUT2D eigenvalue weighted by Crippen LogP contribution is -2.44. The normalized spacial score (nSPS) is 13.5. The van der Waals surface area contributed by atoms with Gasteiger partial charge in [0.25, 0.3) is 0 Å². The van der Waals surface area contributed by atoms with Gasteiger partial charge >= 0.3 is 12.1 Å². The third kappa shape index (κ3) is 3.14. The Morgan fingerprint density at radius 2 is 1.75 bits per heavy atom. The van der Waals surface area contributed by atoms with Gasteiger partial charge in [-0.05, 0) is 29.2 Å². The van der Waals surface area contributed by atoms with Crippen LogP contribution in [0.1, 0.15) is 24.0 Å². The highest BCUT2D eigenvalue weighted by atomic mass is 32.1. The maximum absolute atomic E-state index is 12.8. The van der Waals surface area contributed by atoms with Crippen molar-refractivity contribution >= 4 is 28.5 Å². The molecule has 2 aromatic carbocycles. The number of nitrogens with zero attached hydrogens (tertiary/aromatic N) is 2. The first-order chi connectivity index (χ1) is 13.6. The largest absolute Gasteiger partial charge is 0.480 e. The highest BCUT2D eigenvalue weighted by Gasteiger charge is 2.33. The van der Waals surface area contributed by atoms with Gasteiger partial charge < -0.3 is 9.84 Å². The van der Waals surface area contributed by atoms with Gasteiger partial charge in [-0.2, -0.15) is 0 Å². The topological polar surface area (TPSA) is 79.7 Å². The smallest absolute Gasteiger partial charge is 0.416 e. The molecule has 1 aromatic heterocycles. The first kappa shape index (κ1) is 18.2. The lowest BCUT2D eigenvalue weighted by molar-refractivity contribution is -0.138. The average Bonchev–Trinajstić information content (AvgIpc) is 3.33. The monoisotopic (exact) mass is 394 g/mol. The van der Waals surface area contributed by atoms with Gasteiger partial charge in [-0.25, -0.2) is 19.5 Å². The minimum atomic E-state index is -1.12. The fourth-order valence-corrected chi connectivity index (χ4v) is 4.22. The number of ether oxygens (including phenoxy) is 1. The summed E-state index contributed by atoms with van der Waals surface area (Å²) in [5, 5.41) is 11.4. The Morgan fingerprint density at radius 3 is 2.29 bits per heavy atom. The first-order valence-electron chi connectivity index (χ1n) is 8.84. The molecule has 0 bridgehead atoms. The van der Waals surface area contributed by atoms with E-state index in [0.29, 0.717) is 5.13 Å². The van der Waals surface area contributed by atoms with Gasteiger partial charge in [-0.1, -0.05) is 48.5 Å². The fraction of sp³-hybridized carbons (Fsp3) is 0.190. The van der Waals surface area contributed by atoms with Gasteiger partial charge in [-0.15, -0.1) is 11.3 Å². The van der Waals surface area contributed by atoms with E-state index in [1.165, 1.54) is 24.5 Å². The first-order valence-corrected chi connectivity index (χ1v) is 9.72. The summed E-state index contributed by atoms with van der Waals surface area (Å²) in [4.78, 5) is 29.4. The molecular weight excluding hydrogens is 376 g/mol. The zero-order valence-corrected chi connectivity index (χ0v) is 15.9. The number of rotatable bonds is 5. The summed E-state index contributed by atoms with van der Waals surface area (Å²) in [5.74, 6) is -1.21. The number of amides is 1. The number of carbonyl (C=O) groups is 2. The van der Waals surface area contributed by atoms with Crippen molar-refractivity contribution in [3.8, 4) is 11.1 Å². The molecule has 0 aliphatic heterocycles. The van der Waals surface area contributed by atoms with E-state index in [9.17, 15) is 14.7 Å². The van der Waals surface area contributed by atoms with Gasteiger partial charge in [0.15, 0.2) is 5.13 Å². The van der Waals surface area contributed by atoms with Crippen LogP contribution in [0.15, 0.2) is 60.1 Å². The van der Waals surface area contributed by atoms with Crippen LogP contribution in [0.4, 0.5) is 9.93 Å². The third-order valence-electron chi connectivity index (χ3n) is 4.90. The van der Waals surface area contributed by atoms with E-state index in [2.05, 4.69) is 17.1 Å². The van der Waals surface area contributed by atoms with Gasteiger partial charge in [0, 0.05) is 17.5 Å². The van der Waals surface area contributed by atoms with E-state index in [1.54, 1.807) is 5.38 Å². The maximum atomic E-state index is 12.8. The van der Waals surface area contributed by atoms with E-state index in [1.807, 2.05) is 36.4 Å².